The molecule has 0 saturated heterocycles. The van der Waals surface area contributed by atoms with Crippen LogP contribution in [0.2, 0.25) is 0 Å². The number of benzene rings is 4. The van der Waals surface area contributed by atoms with Crippen molar-refractivity contribution in [1.29, 1.82) is 0 Å². The van der Waals surface area contributed by atoms with E-state index in [1.807, 2.05) is 12.1 Å². The molecule has 20 heavy (non-hydrogen) atoms. The van der Waals surface area contributed by atoms with Gasteiger partial charge in [-0.1, -0.05) is 42.0 Å². The minimum atomic E-state index is 0.727. The van der Waals surface area contributed by atoms with Gasteiger partial charge in [0.15, 0.2) is 0 Å². The Morgan fingerprint density at radius 3 is 2.20 bits per heavy atom. The fraction of sp³-hybridized carbons (Fsp3) is 0.105. The molecule has 0 spiro atoms. The van der Waals surface area contributed by atoms with Gasteiger partial charge < -0.3 is 0 Å². The standard InChI is InChI=1S/C19H13N/c1-13-2-8-16(9-3-13)20-17-10-11-18-14-4-6-15(7-5-14)19(18)12-17/h2-9H,10H2,1H3. The van der Waals surface area contributed by atoms with Gasteiger partial charge in [0.25, 0.3) is 0 Å². The second-order valence-electron chi connectivity index (χ2n) is 5.20. The molecule has 2 bridgehead atoms. The Labute approximate surface area is 117 Å². The number of rotatable bonds is 1. The fourth-order valence-electron chi connectivity index (χ4n) is 2.62. The molecule has 0 unspecified atom stereocenters. The van der Waals surface area contributed by atoms with Crippen LogP contribution in [-0.2, 0) is 0 Å². The third-order valence-corrected chi connectivity index (χ3v) is 3.71. The van der Waals surface area contributed by atoms with E-state index in [4.69, 9.17) is 0 Å². The molecular weight excluding hydrogens is 242 g/mol. The molecular formula is C19H13N. The lowest BCUT2D eigenvalue weighted by molar-refractivity contribution is 1.40. The minimum absolute atomic E-state index is 0.727. The first kappa shape index (κ1) is 11.4. The van der Waals surface area contributed by atoms with Crippen LogP contribution in [-0.4, -0.2) is 5.71 Å². The highest BCUT2D eigenvalue weighted by Gasteiger charge is 2.06. The molecule has 1 nitrogen and oxygen atoms in total. The van der Waals surface area contributed by atoms with Crippen molar-refractivity contribution in [2.45, 2.75) is 13.3 Å². The summed E-state index contributed by atoms with van der Waals surface area (Å²) in [5, 5.41) is 4.77. The Morgan fingerprint density at radius 2 is 1.50 bits per heavy atom. The molecule has 0 fully saturated rings. The van der Waals surface area contributed by atoms with Gasteiger partial charge in [-0.25, -0.2) is 0 Å². The van der Waals surface area contributed by atoms with Crippen LogP contribution in [0.15, 0.2) is 53.5 Å². The van der Waals surface area contributed by atoms with Gasteiger partial charge in [0.05, 0.1) is 11.4 Å². The number of fused-ring (bicyclic) bond motifs is 2. The van der Waals surface area contributed by atoms with Crippen LogP contribution in [0, 0.1) is 6.92 Å². The highest BCUT2D eigenvalue weighted by molar-refractivity contribution is 6.15. The Bertz CT molecular complexity index is 894. The number of hydrogen-bond donors (Lipinski definition) is 0. The highest BCUT2D eigenvalue weighted by atomic mass is 14.7. The van der Waals surface area contributed by atoms with Crippen molar-refractivity contribution in [3.8, 4) is 0 Å². The molecule has 4 aromatic carbocycles. The van der Waals surface area contributed by atoms with Gasteiger partial charge in [-0.2, -0.15) is 0 Å². The lowest BCUT2D eigenvalue weighted by atomic mass is 9.98. The molecule has 94 valence electrons. The minimum Gasteiger partial charge on any atom is -0.252 e. The van der Waals surface area contributed by atoms with Crippen LogP contribution in [0.25, 0.3) is 22.9 Å². The molecule has 0 amide bonds. The topological polar surface area (TPSA) is 12.4 Å². The smallest absolute Gasteiger partial charge is 0.0633 e. The van der Waals surface area contributed by atoms with Crippen LogP contribution in [0.3, 0.4) is 0 Å². The average molecular weight is 255 g/mol. The molecule has 0 aromatic heterocycles. The summed E-state index contributed by atoms with van der Waals surface area (Å²) in [7, 11) is 0. The van der Waals surface area contributed by atoms with Crippen LogP contribution in [0.4, 0.5) is 5.69 Å². The first-order valence-electron chi connectivity index (χ1n) is 6.80. The van der Waals surface area contributed by atoms with Gasteiger partial charge in [0, 0.05) is 12.5 Å². The predicted molar refractivity (Wildman–Crippen MR) is 84.1 cm³/mol. The van der Waals surface area contributed by atoms with E-state index in [-0.39, 0.29) is 0 Å². The van der Waals surface area contributed by atoms with Gasteiger partial charge in [0.2, 0.25) is 0 Å². The summed E-state index contributed by atoms with van der Waals surface area (Å²) in [6, 6.07) is 16.8. The van der Waals surface area contributed by atoms with Crippen molar-refractivity contribution in [2.24, 2.45) is 4.99 Å². The van der Waals surface area contributed by atoms with E-state index in [0.717, 1.165) is 23.0 Å². The number of hydrogen-bond acceptors (Lipinski definition) is 1. The lowest BCUT2D eigenvalue weighted by Gasteiger charge is -2.08. The maximum absolute atomic E-state index is 4.67. The van der Waals surface area contributed by atoms with Crippen LogP contribution in [0.1, 0.15) is 12.0 Å². The predicted octanol–water partition coefficient (Wildman–Crippen LogP) is 3.08. The van der Waals surface area contributed by atoms with Gasteiger partial charge in [-0.05, 0) is 46.3 Å². The largest absolute Gasteiger partial charge is 0.252 e. The number of nitrogens with zero attached hydrogens (tertiary/aromatic N) is 1. The zero-order chi connectivity index (χ0) is 13.5. The quantitative estimate of drug-likeness (QED) is 0.633. The monoisotopic (exact) mass is 255 g/mol. The van der Waals surface area contributed by atoms with E-state index in [1.54, 1.807) is 0 Å². The zero-order valence-corrected chi connectivity index (χ0v) is 11.3. The summed E-state index contributed by atoms with van der Waals surface area (Å²) in [4.78, 5) is 4.67. The first-order valence-corrected chi connectivity index (χ1v) is 6.80. The molecule has 0 N–H and O–H groups in total. The summed E-state index contributed by atoms with van der Waals surface area (Å²) in [6.07, 6.45) is 7.64. The van der Waals surface area contributed by atoms with Gasteiger partial charge in [-0.3, -0.25) is 4.99 Å². The van der Waals surface area contributed by atoms with E-state index in [2.05, 4.69) is 60.5 Å². The second-order valence-corrected chi connectivity index (χ2v) is 5.20. The maximum atomic E-state index is 4.67. The number of aliphatic imine (C=N–C) groups is 1. The van der Waals surface area contributed by atoms with E-state index >= 15 is 0 Å². The molecule has 0 aliphatic heterocycles. The molecule has 1 aliphatic carbocycles. The van der Waals surface area contributed by atoms with Gasteiger partial charge in [-0.15, -0.1) is 0 Å². The van der Waals surface area contributed by atoms with Crippen molar-refractivity contribution in [3.63, 3.8) is 0 Å². The van der Waals surface area contributed by atoms with Crippen molar-refractivity contribution in [3.05, 3.63) is 64.5 Å². The zero-order valence-electron chi connectivity index (χ0n) is 11.3. The molecule has 1 heteroatoms. The summed E-state index contributed by atoms with van der Waals surface area (Å²) in [6.45, 7) is 2.08. The van der Waals surface area contributed by atoms with Crippen LogP contribution >= 0.6 is 0 Å². The van der Waals surface area contributed by atoms with Gasteiger partial charge >= 0.3 is 0 Å². The van der Waals surface area contributed by atoms with Crippen molar-refractivity contribution >= 4 is 34.3 Å². The van der Waals surface area contributed by atoms with Crippen LogP contribution < -0.4 is 10.4 Å². The average Bonchev–Trinajstić information content (AvgIpc) is 2.51. The van der Waals surface area contributed by atoms with E-state index in [9.17, 15) is 0 Å². The Hall–Kier alpha value is -2.41. The maximum Gasteiger partial charge on any atom is 0.0633 e. The molecule has 0 atom stereocenters. The van der Waals surface area contributed by atoms with Crippen molar-refractivity contribution < 1.29 is 0 Å². The molecule has 1 aliphatic rings. The van der Waals surface area contributed by atoms with Gasteiger partial charge in [0.1, 0.15) is 0 Å². The first-order chi connectivity index (χ1) is 9.79. The Kier molecular flexibility index (Phi) is 2.46. The van der Waals surface area contributed by atoms with Crippen LogP contribution in [0.5, 0.6) is 0 Å². The SMILES string of the molecule is Cc1ccc(N=C2[C]=c3c(c4ccc3cc4)=[C]C2)cc1. The van der Waals surface area contributed by atoms with E-state index < -0.39 is 0 Å². The summed E-state index contributed by atoms with van der Waals surface area (Å²) in [5.41, 5.74) is 3.18. The van der Waals surface area contributed by atoms with Crippen molar-refractivity contribution in [2.75, 3.05) is 0 Å². The lowest BCUT2D eigenvalue weighted by Crippen LogP contribution is -2.31. The Balaban J connectivity index is 1.85. The summed E-state index contributed by atoms with van der Waals surface area (Å²) >= 11 is 0. The van der Waals surface area contributed by atoms with Crippen molar-refractivity contribution in [1.82, 2.24) is 0 Å². The van der Waals surface area contributed by atoms with E-state index in [1.165, 1.54) is 21.6 Å². The Morgan fingerprint density at radius 1 is 0.850 bits per heavy atom. The van der Waals surface area contributed by atoms with E-state index in [0.29, 0.717) is 0 Å². The molecule has 5 rings (SSSR count). The molecule has 4 aromatic rings. The molecule has 0 saturated carbocycles. The summed E-state index contributed by atoms with van der Waals surface area (Å²) in [5.74, 6) is 0. The molecule has 2 radical (unpaired) electrons. The second kappa shape index (κ2) is 4.31. The number of aryl methyl sites for hydroxylation is 1. The highest BCUT2D eigenvalue weighted by Crippen LogP contribution is 2.15. The third kappa shape index (κ3) is 1.83. The molecule has 0 heterocycles. The fourth-order valence-corrected chi connectivity index (χ4v) is 2.62. The summed E-state index contributed by atoms with van der Waals surface area (Å²) < 4.78 is 0. The normalized spacial score (nSPS) is 15.9. The third-order valence-electron chi connectivity index (χ3n) is 3.71.